The maximum Gasteiger partial charge on any atom is 0.250 e. The summed E-state index contributed by atoms with van der Waals surface area (Å²) in [6, 6.07) is 10.2. The minimum atomic E-state index is -3.48. The second-order valence-corrected chi connectivity index (χ2v) is 9.96. The van der Waals surface area contributed by atoms with E-state index in [-0.39, 0.29) is 15.9 Å². The number of anilines is 1. The zero-order valence-electron chi connectivity index (χ0n) is 15.8. The summed E-state index contributed by atoms with van der Waals surface area (Å²) in [5.41, 5.74) is 0.604. The SMILES string of the molecule is O=C(/C=C/c1cccs1)NC(=S)Nc1ccc(S(=O)(=O)N2CCCCCC2)cc1. The molecule has 1 aliphatic heterocycles. The number of benzene rings is 1. The maximum atomic E-state index is 12.8. The molecule has 1 fully saturated rings. The van der Waals surface area contributed by atoms with Gasteiger partial charge in [-0.2, -0.15) is 4.31 Å². The number of amides is 1. The van der Waals surface area contributed by atoms with Gasteiger partial charge in [0.15, 0.2) is 5.11 Å². The summed E-state index contributed by atoms with van der Waals surface area (Å²) >= 11 is 6.68. The third-order valence-corrected chi connectivity index (χ3v) is 7.45. The number of carbonyl (C=O) groups is 1. The van der Waals surface area contributed by atoms with Gasteiger partial charge in [-0.1, -0.05) is 18.9 Å². The average Bonchev–Trinajstić information content (AvgIpc) is 3.06. The second-order valence-electron chi connectivity index (χ2n) is 6.63. The molecular weight excluding hydrogens is 426 g/mol. The van der Waals surface area contributed by atoms with Crippen LogP contribution in [0.5, 0.6) is 0 Å². The minimum absolute atomic E-state index is 0.147. The zero-order chi connectivity index (χ0) is 20.7. The lowest BCUT2D eigenvalue weighted by Gasteiger charge is -2.20. The van der Waals surface area contributed by atoms with Gasteiger partial charge in [0, 0.05) is 29.7 Å². The standard InChI is InChI=1S/C20H23N3O3S3/c24-19(12-9-17-6-5-15-28-17)22-20(27)21-16-7-10-18(11-8-16)29(25,26)23-13-3-1-2-4-14-23/h5-12,15H,1-4,13-14H2,(H2,21,22,24,27)/b12-9+. The molecule has 0 atom stereocenters. The fourth-order valence-corrected chi connectivity index (χ4v) is 5.35. The van der Waals surface area contributed by atoms with Gasteiger partial charge in [-0.05, 0) is 66.8 Å². The summed E-state index contributed by atoms with van der Waals surface area (Å²) in [6.45, 7) is 1.13. The molecule has 2 N–H and O–H groups in total. The van der Waals surface area contributed by atoms with Gasteiger partial charge in [0.1, 0.15) is 0 Å². The van der Waals surface area contributed by atoms with Crippen molar-refractivity contribution in [2.45, 2.75) is 30.6 Å². The smallest absolute Gasteiger partial charge is 0.250 e. The number of sulfonamides is 1. The summed E-state index contributed by atoms with van der Waals surface area (Å²) in [6.07, 6.45) is 7.06. The lowest BCUT2D eigenvalue weighted by Crippen LogP contribution is -2.33. The Morgan fingerprint density at radius 3 is 2.38 bits per heavy atom. The molecule has 29 heavy (non-hydrogen) atoms. The molecule has 2 heterocycles. The van der Waals surface area contributed by atoms with Crippen LogP contribution in [0.2, 0.25) is 0 Å². The van der Waals surface area contributed by atoms with Crippen LogP contribution in [0.25, 0.3) is 6.08 Å². The van der Waals surface area contributed by atoms with Gasteiger partial charge in [0.25, 0.3) is 0 Å². The van der Waals surface area contributed by atoms with E-state index in [1.165, 1.54) is 17.4 Å². The molecule has 0 saturated carbocycles. The highest BCUT2D eigenvalue weighted by molar-refractivity contribution is 7.89. The fraction of sp³-hybridized carbons (Fsp3) is 0.300. The number of nitrogens with zero attached hydrogens (tertiary/aromatic N) is 1. The van der Waals surface area contributed by atoms with Gasteiger partial charge < -0.3 is 5.32 Å². The molecular formula is C20H23N3O3S3. The van der Waals surface area contributed by atoms with Crippen molar-refractivity contribution in [2.24, 2.45) is 0 Å². The van der Waals surface area contributed by atoms with Crippen LogP contribution < -0.4 is 10.6 Å². The molecule has 0 unspecified atom stereocenters. The van der Waals surface area contributed by atoms with Crippen LogP contribution >= 0.6 is 23.6 Å². The van der Waals surface area contributed by atoms with E-state index in [9.17, 15) is 13.2 Å². The minimum Gasteiger partial charge on any atom is -0.332 e. The highest BCUT2D eigenvalue weighted by Gasteiger charge is 2.24. The Balaban J connectivity index is 1.57. The number of thiocarbonyl (C=S) groups is 1. The summed E-state index contributed by atoms with van der Waals surface area (Å²) in [4.78, 5) is 13.2. The number of carbonyl (C=O) groups excluding carboxylic acids is 1. The molecule has 0 radical (unpaired) electrons. The highest BCUT2D eigenvalue weighted by Crippen LogP contribution is 2.21. The molecule has 9 heteroatoms. The molecule has 2 aromatic rings. The van der Waals surface area contributed by atoms with E-state index >= 15 is 0 Å². The predicted molar refractivity (Wildman–Crippen MR) is 121 cm³/mol. The van der Waals surface area contributed by atoms with Gasteiger partial charge in [-0.25, -0.2) is 8.42 Å². The highest BCUT2D eigenvalue weighted by atomic mass is 32.2. The van der Waals surface area contributed by atoms with Crippen molar-refractivity contribution in [1.29, 1.82) is 0 Å². The van der Waals surface area contributed by atoms with Crippen LogP contribution in [0, 0.1) is 0 Å². The van der Waals surface area contributed by atoms with E-state index in [2.05, 4.69) is 10.6 Å². The van der Waals surface area contributed by atoms with Crippen LogP contribution in [0.3, 0.4) is 0 Å². The number of thiophene rings is 1. The Kier molecular flexibility index (Phi) is 7.54. The van der Waals surface area contributed by atoms with E-state index in [1.807, 2.05) is 17.5 Å². The van der Waals surface area contributed by atoms with Gasteiger partial charge >= 0.3 is 0 Å². The molecule has 1 saturated heterocycles. The molecule has 3 rings (SSSR count). The maximum absolute atomic E-state index is 12.8. The van der Waals surface area contributed by atoms with E-state index in [0.717, 1.165) is 30.6 Å². The Labute approximate surface area is 180 Å². The van der Waals surface area contributed by atoms with E-state index in [4.69, 9.17) is 12.2 Å². The third-order valence-electron chi connectivity index (χ3n) is 4.49. The molecule has 0 spiro atoms. The van der Waals surface area contributed by atoms with Crippen LogP contribution in [-0.4, -0.2) is 36.8 Å². The van der Waals surface area contributed by atoms with Gasteiger partial charge in [-0.15, -0.1) is 11.3 Å². The van der Waals surface area contributed by atoms with Crippen molar-refractivity contribution in [3.8, 4) is 0 Å². The lowest BCUT2D eigenvalue weighted by molar-refractivity contribution is -0.115. The first-order valence-corrected chi connectivity index (χ1v) is 12.1. The number of rotatable bonds is 5. The fourth-order valence-electron chi connectivity index (χ4n) is 3.00. The largest absolute Gasteiger partial charge is 0.332 e. The first-order chi connectivity index (χ1) is 13.9. The number of hydrogen-bond acceptors (Lipinski definition) is 5. The van der Waals surface area contributed by atoms with E-state index < -0.39 is 10.0 Å². The van der Waals surface area contributed by atoms with Crippen molar-refractivity contribution < 1.29 is 13.2 Å². The molecule has 1 aromatic carbocycles. The first-order valence-electron chi connectivity index (χ1n) is 9.39. The second kappa shape index (κ2) is 10.1. The monoisotopic (exact) mass is 449 g/mol. The van der Waals surface area contributed by atoms with Crippen molar-refractivity contribution in [2.75, 3.05) is 18.4 Å². The Morgan fingerprint density at radius 2 is 1.76 bits per heavy atom. The Morgan fingerprint density at radius 1 is 1.07 bits per heavy atom. The number of hydrogen-bond donors (Lipinski definition) is 2. The predicted octanol–water partition coefficient (Wildman–Crippen LogP) is 3.84. The molecule has 1 aliphatic rings. The Bertz CT molecular complexity index is 960. The van der Waals surface area contributed by atoms with Gasteiger partial charge in [0.2, 0.25) is 15.9 Å². The van der Waals surface area contributed by atoms with Gasteiger partial charge in [0.05, 0.1) is 4.90 Å². The topological polar surface area (TPSA) is 78.5 Å². The summed E-state index contributed by atoms with van der Waals surface area (Å²) in [5, 5.41) is 7.54. The van der Waals surface area contributed by atoms with Crippen LogP contribution in [0.15, 0.2) is 52.7 Å². The lowest BCUT2D eigenvalue weighted by atomic mass is 10.2. The number of nitrogens with one attached hydrogen (secondary N) is 2. The van der Waals surface area contributed by atoms with Crippen molar-refractivity contribution in [1.82, 2.24) is 9.62 Å². The van der Waals surface area contributed by atoms with Crippen LogP contribution in [0.1, 0.15) is 30.6 Å². The summed E-state index contributed by atoms with van der Waals surface area (Å²) in [5.74, 6) is -0.337. The van der Waals surface area contributed by atoms with Crippen LogP contribution in [0.4, 0.5) is 5.69 Å². The molecule has 0 bridgehead atoms. The van der Waals surface area contributed by atoms with Crippen molar-refractivity contribution in [3.05, 3.63) is 52.7 Å². The molecule has 154 valence electrons. The van der Waals surface area contributed by atoms with Gasteiger partial charge in [-0.3, -0.25) is 10.1 Å². The molecule has 0 aliphatic carbocycles. The molecule has 1 aromatic heterocycles. The quantitative estimate of drug-likeness (QED) is 0.536. The summed E-state index contributed by atoms with van der Waals surface area (Å²) in [7, 11) is -3.48. The van der Waals surface area contributed by atoms with Crippen molar-refractivity contribution >= 4 is 56.4 Å². The first kappa shape index (κ1) is 21.6. The summed E-state index contributed by atoms with van der Waals surface area (Å²) < 4.78 is 27.2. The van der Waals surface area contributed by atoms with E-state index in [0.29, 0.717) is 18.8 Å². The van der Waals surface area contributed by atoms with Crippen LogP contribution in [-0.2, 0) is 14.8 Å². The zero-order valence-corrected chi connectivity index (χ0v) is 18.3. The Hall–Kier alpha value is -2.07. The third kappa shape index (κ3) is 6.20. The molecule has 1 amide bonds. The average molecular weight is 450 g/mol. The van der Waals surface area contributed by atoms with Crippen molar-refractivity contribution in [3.63, 3.8) is 0 Å². The van der Waals surface area contributed by atoms with E-state index in [1.54, 1.807) is 34.6 Å². The normalized spacial score (nSPS) is 15.7. The molecule has 6 nitrogen and oxygen atoms in total.